The second kappa shape index (κ2) is 8.48. The van der Waals surface area contributed by atoms with Crippen molar-refractivity contribution >= 4 is 5.97 Å². The van der Waals surface area contributed by atoms with Crippen LogP contribution in [0.2, 0.25) is 0 Å². The lowest BCUT2D eigenvalue weighted by Gasteiger charge is -2.26. The summed E-state index contributed by atoms with van der Waals surface area (Å²) in [6, 6.07) is 0. The zero-order valence-corrected chi connectivity index (χ0v) is 11.9. The maximum Gasteiger partial charge on any atom is 0.307 e. The Morgan fingerprint density at radius 2 is 1.71 bits per heavy atom. The third-order valence-corrected chi connectivity index (χ3v) is 2.66. The summed E-state index contributed by atoms with van der Waals surface area (Å²) in [6.45, 7) is 9.78. The van der Waals surface area contributed by atoms with Crippen LogP contribution in [0.25, 0.3) is 0 Å². The molecule has 1 N–H and O–H groups in total. The molecule has 0 aliphatic carbocycles. The average Bonchev–Trinajstić information content (AvgIpc) is 2.15. The van der Waals surface area contributed by atoms with Crippen molar-refractivity contribution in [1.29, 1.82) is 0 Å². The minimum Gasteiger partial charge on any atom is -0.481 e. The highest BCUT2D eigenvalue weighted by molar-refractivity contribution is 5.69. The van der Waals surface area contributed by atoms with Crippen LogP contribution >= 0.6 is 0 Å². The van der Waals surface area contributed by atoms with Crippen LogP contribution in [0.5, 0.6) is 0 Å². The van der Waals surface area contributed by atoms with Gasteiger partial charge in [0.25, 0.3) is 0 Å². The van der Waals surface area contributed by atoms with E-state index >= 15 is 0 Å². The highest BCUT2D eigenvalue weighted by Crippen LogP contribution is 2.05. The van der Waals surface area contributed by atoms with Gasteiger partial charge in [0.2, 0.25) is 0 Å². The van der Waals surface area contributed by atoms with E-state index in [4.69, 9.17) is 5.11 Å². The van der Waals surface area contributed by atoms with Crippen LogP contribution in [-0.4, -0.2) is 61.2 Å². The lowest BCUT2D eigenvalue weighted by Crippen LogP contribution is -2.36. The second-order valence-electron chi connectivity index (χ2n) is 5.55. The number of hydrogen-bond acceptors (Lipinski definition) is 3. The first kappa shape index (κ1) is 16.4. The smallest absolute Gasteiger partial charge is 0.307 e. The fourth-order valence-electron chi connectivity index (χ4n) is 1.85. The highest BCUT2D eigenvalue weighted by Gasteiger charge is 2.16. The van der Waals surface area contributed by atoms with Crippen molar-refractivity contribution in [3.05, 3.63) is 0 Å². The number of rotatable bonds is 9. The van der Waals surface area contributed by atoms with Crippen LogP contribution < -0.4 is 0 Å². The molecule has 0 aromatic heterocycles. The Labute approximate surface area is 106 Å². The zero-order valence-electron chi connectivity index (χ0n) is 11.9. The van der Waals surface area contributed by atoms with Crippen LogP contribution in [-0.2, 0) is 4.79 Å². The molecule has 0 bridgehead atoms. The predicted octanol–water partition coefficient (Wildman–Crippen LogP) is 1.62. The standard InChI is InChI=1S/C13H28N2O2/c1-11(2)9-15(8-6-7-14(4)5)10-12(3)13(16)17/h11-12H,6-10H2,1-5H3,(H,16,17). The maximum absolute atomic E-state index is 10.9. The van der Waals surface area contributed by atoms with Crippen molar-refractivity contribution in [1.82, 2.24) is 9.80 Å². The average molecular weight is 244 g/mol. The topological polar surface area (TPSA) is 43.8 Å². The van der Waals surface area contributed by atoms with Crippen LogP contribution in [0.1, 0.15) is 27.2 Å². The summed E-state index contributed by atoms with van der Waals surface area (Å²) in [5, 5.41) is 8.94. The lowest BCUT2D eigenvalue weighted by molar-refractivity contribution is -0.141. The SMILES string of the molecule is CC(C)CN(CCCN(C)C)CC(C)C(=O)O. The Kier molecular flexibility index (Phi) is 8.17. The largest absolute Gasteiger partial charge is 0.481 e. The van der Waals surface area contributed by atoms with Crippen molar-refractivity contribution in [2.45, 2.75) is 27.2 Å². The fraction of sp³-hybridized carbons (Fsp3) is 0.923. The van der Waals surface area contributed by atoms with E-state index in [1.54, 1.807) is 6.92 Å². The van der Waals surface area contributed by atoms with Gasteiger partial charge in [-0.2, -0.15) is 0 Å². The van der Waals surface area contributed by atoms with Crippen LogP contribution in [0.4, 0.5) is 0 Å². The van der Waals surface area contributed by atoms with Crippen molar-refractivity contribution in [2.75, 3.05) is 40.3 Å². The van der Waals surface area contributed by atoms with E-state index in [0.29, 0.717) is 12.5 Å². The van der Waals surface area contributed by atoms with Crippen LogP contribution in [0.15, 0.2) is 0 Å². The first-order chi connectivity index (χ1) is 7.82. The van der Waals surface area contributed by atoms with Crippen molar-refractivity contribution < 1.29 is 9.90 Å². The van der Waals surface area contributed by atoms with E-state index in [1.807, 2.05) is 0 Å². The Bertz CT molecular complexity index is 217. The van der Waals surface area contributed by atoms with Gasteiger partial charge < -0.3 is 14.9 Å². The number of carboxylic acids is 1. The maximum atomic E-state index is 10.9. The summed E-state index contributed by atoms with van der Waals surface area (Å²) in [4.78, 5) is 15.3. The van der Waals surface area contributed by atoms with Gasteiger partial charge in [0.15, 0.2) is 0 Å². The third-order valence-electron chi connectivity index (χ3n) is 2.66. The van der Waals surface area contributed by atoms with E-state index in [-0.39, 0.29) is 5.92 Å². The molecule has 0 radical (unpaired) electrons. The molecule has 1 unspecified atom stereocenters. The van der Waals surface area contributed by atoms with Gasteiger partial charge in [-0.3, -0.25) is 4.79 Å². The number of nitrogens with zero attached hydrogens (tertiary/aromatic N) is 2. The van der Waals surface area contributed by atoms with Crippen molar-refractivity contribution in [3.63, 3.8) is 0 Å². The molecule has 0 saturated heterocycles. The molecule has 0 heterocycles. The van der Waals surface area contributed by atoms with E-state index in [0.717, 1.165) is 26.1 Å². The summed E-state index contributed by atoms with van der Waals surface area (Å²) in [5.41, 5.74) is 0. The van der Waals surface area contributed by atoms with Crippen molar-refractivity contribution in [3.8, 4) is 0 Å². The summed E-state index contributed by atoms with van der Waals surface area (Å²) >= 11 is 0. The molecular weight excluding hydrogens is 216 g/mol. The molecule has 0 aromatic carbocycles. The first-order valence-corrected chi connectivity index (χ1v) is 6.42. The molecule has 17 heavy (non-hydrogen) atoms. The van der Waals surface area contributed by atoms with E-state index in [1.165, 1.54) is 0 Å². The summed E-state index contributed by atoms with van der Waals surface area (Å²) in [5.74, 6) is -0.408. The number of carbonyl (C=O) groups is 1. The van der Waals surface area contributed by atoms with E-state index in [2.05, 4.69) is 37.7 Å². The fourth-order valence-corrected chi connectivity index (χ4v) is 1.85. The molecule has 0 aliphatic heterocycles. The quantitative estimate of drug-likeness (QED) is 0.669. The molecule has 0 fully saturated rings. The van der Waals surface area contributed by atoms with Gasteiger partial charge in [-0.1, -0.05) is 20.8 Å². The van der Waals surface area contributed by atoms with Crippen LogP contribution in [0.3, 0.4) is 0 Å². The Morgan fingerprint density at radius 3 is 2.12 bits per heavy atom. The minimum atomic E-state index is -0.702. The first-order valence-electron chi connectivity index (χ1n) is 6.42. The molecule has 0 aliphatic rings. The molecule has 102 valence electrons. The molecule has 0 saturated carbocycles. The predicted molar refractivity (Wildman–Crippen MR) is 71.2 cm³/mol. The normalized spacial score (nSPS) is 13.6. The van der Waals surface area contributed by atoms with E-state index < -0.39 is 5.97 Å². The molecule has 0 rings (SSSR count). The van der Waals surface area contributed by atoms with Gasteiger partial charge >= 0.3 is 5.97 Å². The van der Waals surface area contributed by atoms with Gasteiger partial charge in [0.05, 0.1) is 5.92 Å². The molecule has 0 amide bonds. The molecule has 1 atom stereocenters. The number of carboxylic acid groups (broad SMARTS) is 1. The summed E-state index contributed by atoms with van der Waals surface area (Å²) in [6.07, 6.45) is 1.09. The summed E-state index contributed by atoms with van der Waals surface area (Å²) < 4.78 is 0. The number of aliphatic carboxylic acids is 1. The van der Waals surface area contributed by atoms with Crippen molar-refractivity contribution in [2.24, 2.45) is 11.8 Å². The highest BCUT2D eigenvalue weighted by atomic mass is 16.4. The Morgan fingerprint density at radius 1 is 1.12 bits per heavy atom. The molecule has 0 spiro atoms. The molecule has 4 nitrogen and oxygen atoms in total. The van der Waals surface area contributed by atoms with Crippen LogP contribution in [0, 0.1) is 11.8 Å². The van der Waals surface area contributed by atoms with Gasteiger partial charge in [-0.05, 0) is 39.5 Å². The van der Waals surface area contributed by atoms with E-state index in [9.17, 15) is 4.79 Å². The molecule has 4 heteroatoms. The van der Waals surface area contributed by atoms with Gasteiger partial charge in [0.1, 0.15) is 0 Å². The minimum absolute atomic E-state index is 0.284. The zero-order chi connectivity index (χ0) is 13.4. The Hall–Kier alpha value is -0.610. The van der Waals surface area contributed by atoms with Gasteiger partial charge in [0, 0.05) is 13.1 Å². The number of hydrogen-bond donors (Lipinski definition) is 1. The lowest BCUT2D eigenvalue weighted by atomic mass is 10.1. The van der Waals surface area contributed by atoms with Gasteiger partial charge in [-0.15, -0.1) is 0 Å². The Balaban J connectivity index is 4.09. The summed E-state index contributed by atoms with van der Waals surface area (Å²) in [7, 11) is 4.12. The monoisotopic (exact) mass is 244 g/mol. The molecular formula is C13H28N2O2. The molecule has 0 aromatic rings. The third kappa shape index (κ3) is 9.12. The van der Waals surface area contributed by atoms with Gasteiger partial charge in [-0.25, -0.2) is 0 Å². The second-order valence-corrected chi connectivity index (χ2v) is 5.55.